The van der Waals surface area contributed by atoms with Gasteiger partial charge in [0.2, 0.25) is 0 Å². The molecule has 5 heteroatoms. The van der Waals surface area contributed by atoms with E-state index in [1.54, 1.807) is 14.0 Å². The van der Waals surface area contributed by atoms with Gasteiger partial charge in [-0.2, -0.15) is 0 Å². The third-order valence-electron chi connectivity index (χ3n) is 3.62. The maximum atomic E-state index is 11.0. The number of carbonyl (C=O) groups excluding carboxylic acids is 1. The molecule has 5 nitrogen and oxygen atoms in total. The van der Waals surface area contributed by atoms with Gasteiger partial charge >= 0.3 is 5.97 Å². The molecule has 1 aliphatic carbocycles. The fourth-order valence-electron chi connectivity index (χ4n) is 2.30. The second-order valence-corrected chi connectivity index (χ2v) is 5.15. The topological polar surface area (TPSA) is 56.8 Å². The van der Waals surface area contributed by atoms with E-state index < -0.39 is 0 Å². The molecule has 0 amide bonds. The molecule has 0 heterocycles. The molecule has 0 spiro atoms. The zero-order valence-corrected chi connectivity index (χ0v) is 11.8. The quantitative estimate of drug-likeness (QED) is 0.520. The molecule has 0 aromatic carbocycles. The monoisotopic (exact) mass is 259 g/mol. The SMILES string of the molecule is CCOC(=O)COCCNC1CC(OC)C1(C)C. The molecule has 0 aromatic rings. The number of hydrogen-bond donors (Lipinski definition) is 1. The van der Waals surface area contributed by atoms with Gasteiger partial charge in [-0.3, -0.25) is 0 Å². The van der Waals surface area contributed by atoms with Crippen molar-refractivity contribution in [1.29, 1.82) is 0 Å². The van der Waals surface area contributed by atoms with Gasteiger partial charge < -0.3 is 19.5 Å². The minimum Gasteiger partial charge on any atom is -0.464 e. The summed E-state index contributed by atoms with van der Waals surface area (Å²) < 4.78 is 15.4. The summed E-state index contributed by atoms with van der Waals surface area (Å²) in [5.41, 5.74) is 0.163. The van der Waals surface area contributed by atoms with Gasteiger partial charge in [0.25, 0.3) is 0 Å². The second kappa shape index (κ2) is 7.07. The molecule has 0 bridgehead atoms. The minimum atomic E-state index is -0.305. The van der Waals surface area contributed by atoms with E-state index in [1.165, 1.54) is 0 Å². The number of nitrogens with one attached hydrogen (secondary N) is 1. The first kappa shape index (κ1) is 15.4. The van der Waals surface area contributed by atoms with Crippen molar-refractivity contribution in [2.45, 2.75) is 39.3 Å². The third kappa shape index (κ3) is 3.93. The molecule has 0 saturated heterocycles. The van der Waals surface area contributed by atoms with Gasteiger partial charge in [-0.05, 0) is 13.3 Å². The van der Waals surface area contributed by atoms with Crippen molar-refractivity contribution >= 4 is 5.97 Å². The number of hydrogen-bond acceptors (Lipinski definition) is 5. The van der Waals surface area contributed by atoms with E-state index in [1.807, 2.05) is 0 Å². The van der Waals surface area contributed by atoms with Crippen molar-refractivity contribution < 1.29 is 19.0 Å². The highest BCUT2D eigenvalue weighted by atomic mass is 16.6. The van der Waals surface area contributed by atoms with Gasteiger partial charge in [0.15, 0.2) is 0 Å². The third-order valence-corrected chi connectivity index (χ3v) is 3.62. The van der Waals surface area contributed by atoms with Crippen molar-refractivity contribution in [3.8, 4) is 0 Å². The molecule has 106 valence electrons. The van der Waals surface area contributed by atoms with E-state index in [2.05, 4.69) is 19.2 Å². The fourth-order valence-corrected chi connectivity index (χ4v) is 2.30. The summed E-state index contributed by atoms with van der Waals surface area (Å²) in [5, 5.41) is 3.42. The van der Waals surface area contributed by atoms with Crippen molar-refractivity contribution in [3.05, 3.63) is 0 Å². The Morgan fingerprint density at radius 1 is 1.44 bits per heavy atom. The molecule has 18 heavy (non-hydrogen) atoms. The van der Waals surface area contributed by atoms with Crippen LogP contribution in [0.3, 0.4) is 0 Å². The molecule has 1 fully saturated rings. The van der Waals surface area contributed by atoms with E-state index in [-0.39, 0.29) is 18.0 Å². The van der Waals surface area contributed by atoms with Gasteiger partial charge in [0.1, 0.15) is 6.61 Å². The lowest BCUT2D eigenvalue weighted by Gasteiger charge is -2.51. The summed E-state index contributed by atoms with van der Waals surface area (Å²) in [5.74, 6) is -0.305. The minimum absolute atomic E-state index is 0.0320. The van der Waals surface area contributed by atoms with E-state index >= 15 is 0 Å². The number of esters is 1. The molecule has 1 N–H and O–H groups in total. The van der Waals surface area contributed by atoms with E-state index in [9.17, 15) is 4.79 Å². The van der Waals surface area contributed by atoms with E-state index in [4.69, 9.17) is 14.2 Å². The zero-order chi connectivity index (χ0) is 13.6. The predicted molar refractivity (Wildman–Crippen MR) is 68.4 cm³/mol. The highest BCUT2D eigenvalue weighted by molar-refractivity contribution is 5.70. The summed E-state index contributed by atoms with van der Waals surface area (Å²) in [6, 6.07) is 0.452. The summed E-state index contributed by atoms with van der Waals surface area (Å²) in [6.45, 7) is 7.86. The first-order valence-corrected chi connectivity index (χ1v) is 6.51. The average Bonchev–Trinajstić information content (AvgIpc) is 2.32. The molecule has 1 rings (SSSR count). The van der Waals surface area contributed by atoms with Crippen LogP contribution in [0.25, 0.3) is 0 Å². The first-order valence-electron chi connectivity index (χ1n) is 6.51. The average molecular weight is 259 g/mol. The number of methoxy groups -OCH3 is 1. The molecule has 1 aliphatic rings. The normalized spacial score (nSPS) is 25.6. The summed E-state index contributed by atoms with van der Waals surface area (Å²) in [4.78, 5) is 11.0. The maximum Gasteiger partial charge on any atom is 0.332 e. The highest BCUT2D eigenvalue weighted by Crippen LogP contribution is 2.42. The molecular weight excluding hydrogens is 234 g/mol. The Labute approximate surface area is 109 Å². The van der Waals surface area contributed by atoms with Crippen LogP contribution in [-0.2, 0) is 19.0 Å². The Morgan fingerprint density at radius 3 is 2.72 bits per heavy atom. The van der Waals surface area contributed by atoms with Crippen LogP contribution in [0.15, 0.2) is 0 Å². The van der Waals surface area contributed by atoms with Crippen LogP contribution >= 0.6 is 0 Å². The van der Waals surface area contributed by atoms with Crippen molar-refractivity contribution in [1.82, 2.24) is 5.32 Å². The van der Waals surface area contributed by atoms with Crippen LogP contribution in [0.5, 0.6) is 0 Å². The second-order valence-electron chi connectivity index (χ2n) is 5.15. The molecule has 0 aromatic heterocycles. The zero-order valence-electron chi connectivity index (χ0n) is 11.8. The molecule has 0 aliphatic heterocycles. The van der Waals surface area contributed by atoms with Crippen molar-refractivity contribution in [3.63, 3.8) is 0 Å². The van der Waals surface area contributed by atoms with Crippen LogP contribution in [0.4, 0.5) is 0 Å². The number of carbonyl (C=O) groups is 1. The van der Waals surface area contributed by atoms with Gasteiger partial charge in [-0.25, -0.2) is 4.79 Å². The van der Waals surface area contributed by atoms with Gasteiger partial charge in [0.05, 0.1) is 19.3 Å². The number of rotatable bonds is 8. The van der Waals surface area contributed by atoms with Crippen molar-refractivity contribution in [2.75, 3.05) is 33.5 Å². The van der Waals surface area contributed by atoms with E-state index in [0.717, 1.165) is 13.0 Å². The highest BCUT2D eigenvalue weighted by Gasteiger charge is 2.47. The standard InChI is InChI=1S/C13H25NO4/c1-5-18-12(15)9-17-7-6-14-10-8-11(16-4)13(10,2)3/h10-11,14H,5-9H2,1-4H3. The Bertz CT molecular complexity index is 268. The Morgan fingerprint density at radius 2 is 2.17 bits per heavy atom. The summed E-state index contributed by atoms with van der Waals surface area (Å²) >= 11 is 0. The first-order chi connectivity index (χ1) is 8.52. The lowest BCUT2D eigenvalue weighted by Crippen LogP contribution is -2.61. The van der Waals surface area contributed by atoms with Gasteiger partial charge in [0, 0.05) is 25.1 Å². The fraction of sp³-hybridized carbons (Fsp3) is 0.923. The largest absolute Gasteiger partial charge is 0.464 e. The Hall–Kier alpha value is -0.650. The lowest BCUT2D eigenvalue weighted by atomic mass is 9.64. The van der Waals surface area contributed by atoms with Crippen LogP contribution in [0.1, 0.15) is 27.2 Å². The van der Waals surface area contributed by atoms with Gasteiger partial charge in [-0.1, -0.05) is 13.8 Å². The molecular formula is C13H25NO4. The number of ether oxygens (including phenoxy) is 3. The molecule has 0 radical (unpaired) electrons. The van der Waals surface area contributed by atoms with Crippen LogP contribution < -0.4 is 5.32 Å². The Balaban J connectivity index is 2.04. The smallest absolute Gasteiger partial charge is 0.332 e. The predicted octanol–water partition coefficient (Wildman–Crippen LogP) is 0.969. The van der Waals surface area contributed by atoms with Crippen LogP contribution in [0.2, 0.25) is 0 Å². The lowest BCUT2D eigenvalue weighted by molar-refractivity contribution is -0.148. The summed E-state index contributed by atoms with van der Waals surface area (Å²) in [7, 11) is 1.76. The van der Waals surface area contributed by atoms with Crippen LogP contribution in [0, 0.1) is 5.41 Å². The van der Waals surface area contributed by atoms with Gasteiger partial charge in [-0.15, -0.1) is 0 Å². The Kier molecular flexibility index (Phi) is 6.05. The maximum absolute atomic E-state index is 11.0. The summed E-state index contributed by atoms with van der Waals surface area (Å²) in [6.07, 6.45) is 1.36. The molecule has 2 atom stereocenters. The molecule has 2 unspecified atom stereocenters. The van der Waals surface area contributed by atoms with E-state index in [0.29, 0.717) is 25.4 Å². The van der Waals surface area contributed by atoms with Crippen molar-refractivity contribution in [2.24, 2.45) is 5.41 Å². The van der Waals surface area contributed by atoms with Crippen LogP contribution in [-0.4, -0.2) is 51.6 Å². The molecule has 1 saturated carbocycles.